The fourth-order valence-corrected chi connectivity index (χ4v) is 2.54. The van der Waals surface area contributed by atoms with Crippen molar-refractivity contribution in [1.82, 2.24) is 0 Å². The lowest BCUT2D eigenvalue weighted by Crippen LogP contribution is -2.39. The standard InChI is InChI=1S/C15H23NO2/c1-11(7-9-17-2)14(16)15-13-6-4-3-5-12(13)8-10-18-15/h3-6,11,14-15H,7-10,16H2,1-2H3. The highest BCUT2D eigenvalue weighted by atomic mass is 16.5. The maximum absolute atomic E-state index is 6.37. The fourth-order valence-electron chi connectivity index (χ4n) is 2.54. The van der Waals surface area contributed by atoms with Crippen LogP contribution < -0.4 is 5.73 Å². The van der Waals surface area contributed by atoms with Crippen LogP contribution in [0.4, 0.5) is 0 Å². The number of ether oxygens (including phenoxy) is 2. The Labute approximate surface area is 109 Å². The van der Waals surface area contributed by atoms with Crippen molar-refractivity contribution in [2.45, 2.75) is 31.9 Å². The molecule has 2 N–H and O–H groups in total. The van der Waals surface area contributed by atoms with E-state index in [1.807, 2.05) is 0 Å². The van der Waals surface area contributed by atoms with E-state index in [9.17, 15) is 0 Å². The summed E-state index contributed by atoms with van der Waals surface area (Å²) in [6.07, 6.45) is 1.99. The number of hydrogen-bond acceptors (Lipinski definition) is 3. The van der Waals surface area contributed by atoms with Gasteiger partial charge < -0.3 is 15.2 Å². The Morgan fingerprint density at radius 2 is 2.22 bits per heavy atom. The SMILES string of the molecule is COCCC(C)C(N)C1OCCc2ccccc21. The van der Waals surface area contributed by atoms with E-state index in [0.29, 0.717) is 5.92 Å². The molecule has 1 aromatic rings. The third-order valence-corrected chi connectivity index (χ3v) is 3.81. The van der Waals surface area contributed by atoms with Gasteiger partial charge in [0, 0.05) is 19.8 Å². The van der Waals surface area contributed by atoms with Crippen LogP contribution in [0.1, 0.15) is 30.6 Å². The second-order valence-corrected chi connectivity index (χ2v) is 5.08. The van der Waals surface area contributed by atoms with Gasteiger partial charge in [-0.15, -0.1) is 0 Å². The van der Waals surface area contributed by atoms with Crippen LogP contribution in [-0.4, -0.2) is 26.4 Å². The van der Waals surface area contributed by atoms with Gasteiger partial charge in [-0.25, -0.2) is 0 Å². The maximum atomic E-state index is 6.37. The van der Waals surface area contributed by atoms with Gasteiger partial charge in [0.15, 0.2) is 0 Å². The van der Waals surface area contributed by atoms with Crippen molar-refractivity contribution >= 4 is 0 Å². The van der Waals surface area contributed by atoms with E-state index in [0.717, 1.165) is 26.1 Å². The minimum Gasteiger partial charge on any atom is -0.385 e. The van der Waals surface area contributed by atoms with Crippen molar-refractivity contribution in [2.75, 3.05) is 20.3 Å². The van der Waals surface area contributed by atoms with Crippen molar-refractivity contribution in [3.63, 3.8) is 0 Å². The molecule has 1 aliphatic heterocycles. The van der Waals surface area contributed by atoms with Gasteiger partial charge in [-0.05, 0) is 29.9 Å². The van der Waals surface area contributed by atoms with Crippen LogP contribution in [0.15, 0.2) is 24.3 Å². The van der Waals surface area contributed by atoms with E-state index in [1.165, 1.54) is 11.1 Å². The van der Waals surface area contributed by atoms with Crippen LogP contribution in [0.2, 0.25) is 0 Å². The Balaban J connectivity index is 2.09. The highest BCUT2D eigenvalue weighted by Crippen LogP contribution is 2.32. The van der Waals surface area contributed by atoms with Crippen LogP contribution in [0, 0.1) is 5.92 Å². The summed E-state index contributed by atoms with van der Waals surface area (Å²) in [4.78, 5) is 0. The minimum atomic E-state index is 0.0293. The zero-order chi connectivity index (χ0) is 13.0. The molecule has 0 fully saturated rings. The summed E-state index contributed by atoms with van der Waals surface area (Å²) in [5.74, 6) is 0.390. The number of fused-ring (bicyclic) bond motifs is 1. The summed E-state index contributed by atoms with van der Waals surface area (Å²) in [5.41, 5.74) is 9.01. The van der Waals surface area contributed by atoms with E-state index in [-0.39, 0.29) is 12.1 Å². The summed E-state index contributed by atoms with van der Waals surface area (Å²) in [6.45, 7) is 3.69. The summed E-state index contributed by atoms with van der Waals surface area (Å²) in [7, 11) is 1.73. The molecular formula is C15H23NO2. The number of benzene rings is 1. The van der Waals surface area contributed by atoms with Crippen molar-refractivity contribution in [3.05, 3.63) is 35.4 Å². The van der Waals surface area contributed by atoms with Crippen LogP contribution in [0.5, 0.6) is 0 Å². The number of hydrogen-bond donors (Lipinski definition) is 1. The van der Waals surface area contributed by atoms with Crippen LogP contribution >= 0.6 is 0 Å². The molecule has 0 saturated carbocycles. The van der Waals surface area contributed by atoms with E-state index < -0.39 is 0 Å². The lowest BCUT2D eigenvalue weighted by atomic mass is 9.87. The Hall–Kier alpha value is -0.900. The molecule has 3 heteroatoms. The maximum Gasteiger partial charge on any atom is 0.0981 e. The molecule has 0 saturated heterocycles. The largest absolute Gasteiger partial charge is 0.385 e. The zero-order valence-electron chi connectivity index (χ0n) is 11.3. The van der Waals surface area contributed by atoms with Crippen molar-refractivity contribution in [3.8, 4) is 0 Å². The predicted octanol–water partition coefficient (Wildman–Crippen LogP) is 2.30. The summed E-state index contributed by atoms with van der Waals surface area (Å²) in [5, 5.41) is 0. The molecule has 0 radical (unpaired) electrons. The molecular weight excluding hydrogens is 226 g/mol. The van der Waals surface area contributed by atoms with Crippen molar-refractivity contribution in [2.24, 2.45) is 11.7 Å². The first kappa shape index (κ1) is 13.5. The monoisotopic (exact) mass is 249 g/mol. The van der Waals surface area contributed by atoms with E-state index in [2.05, 4.69) is 31.2 Å². The van der Waals surface area contributed by atoms with Gasteiger partial charge in [0.05, 0.1) is 12.7 Å². The number of methoxy groups -OCH3 is 1. The minimum absolute atomic E-state index is 0.0293. The molecule has 0 bridgehead atoms. The van der Waals surface area contributed by atoms with E-state index >= 15 is 0 Å². The van der Waals surface area contributed by atoms with Gasteiger partial charge in [-0.3, -0.25) is 0 Å². The first-order valence-corrected chi connectivity index (χ1v) is 6.68. The predicted molar refractivity (Wildman–Crippen MR) is 72.5 cm³/mol. The molecule has 0 amide bonds. The molecule has 3 nitrogen and oxygen atoms in total. The van der Waals surface area contributed by atoms with Crippen LogP contribution in [0.25, 0.3) is 0 Å². The molecule has 1 aliphatic rings. The van der Waals surface area contributed by atoms with Gasteiger partial charge in [0.2, 0.25) is 0 Å². The second kappa shape index (κ2) is 6.32. The molecule has 1 aromatic carbocycles. The fraction of sp³-hybridized carbons (Fsp3) is 0.600. The lowest BCUT2D eigenvalue weighted by molar-refractivity contribution is 0.00891. The third-order valence-electron chi connectivity index (χ3n) is 3.81. The van der Waals surface area contributed by atoms with Gasteiger partial charge in [-0.2, -0.15) is 0 Å². The highest BCUT2D eigenvalue weighted by molar-refractivity contribution is 5.32. The Morgan fingerprint density at radius 1 is 1.44 bits per heavy atom. The molecule has 1 heterocycles. The zero-order valence-corrected chi connectivity index (χ0v) is 11.3. The van der Waals surface area contributed by atoms with E-state index in [4.69, 9.17) is 15.2 Å². The smallest absolute Gasteiger partial charge is 0.0981 e. The first-order valence-electron chi connectivity index (χ1n) is 6.68. The number of rotatable bonds is 5. The topological polar surface area (TPSA) is 44.5 Å². The van der Waals surface area contributed by atoms with Crippen LogP contribution in [0.3, 0.4) is 0 Å². The number of nitrogens with two attached hydrogens (primary N) is 1. The normalized spacial score (nSPS) is 22.3. The molecule has 100 valence electrons. The molecule has 3 atom stereocenters. The quantitative estimate of drug-likeness (QED) is 0.871. The van der Waals surface area contributed by atoms with Crippen LogP contribution in [-0.2, 0) is 15.9 Å². The van der Waals surface area contributed by atoms with Gasteiger partial charge in [0.1, 0.15) is 0 Å². The highest BCUT2D eigenvalue weighted by Gasteiger charge is 2.29. The second-order valence-electron chi connectivity index (χ2n) is 5.08. The molecule has 0 aromatic heterocycles. The average molecular weight is 249 g/mol. The van der Waals surface area contributed by atoms with Crippen molar-refractivity contribution < 1.29 is 9.47 Å². The Kier molecular flexibility index (Phi) is 4.75. The average Bonchev–Trinajstić information content (AvgIpc) is 2.43. The summed E-state index contributed by atoms with van der Waals surface area (Å²) in [6, 6.07) is 8.50. The molecule has 18 heavy (non-hydrogen) atoms. The first-order chi connectivity index (χ1) is 8.74. The Morgan fingerprint density at radius 3 is 3.00 bits per heavy atom. The van der Waals surface area contributed by atoms with Gasteiger partial charge >= 0.3 is 0 Å². The van der Waals surface area contributed by atoms with Gasteiger partial charge in [0.25, 0.3) is 0 Å². The third kappa shape index (κ3) is 2.91. The molecule has 2 rings (SSSR count). The summed E-state index contributed by atoms with van der Waals surface area (Å²) >= 11 is 0. The summed E-state index contributed by atoms with van der Waals surface area (Å²) < 4.78 is 11.0. The van der Waals surface area contributed by atoms with Crippen molar-refractivity contribution in [1.29, 1.82) is 0 Å². The Bertz CT molecular complexity index is 381. The molecule has 3 unspecified atom stereocenters. The van der Waals surface area contributed by atoms with E-state index in [1.54, 1.807) is 7.11 Å². The lowest BCUT2D eigenvalue weighted by Gasteiger charge is -2.33. The molecule has 0 spiro atoms. The molecule has 0 aliphatic carbocycles. The van der Waals surface area contributed by atoms with Gasteiger partial charge in [-0.1, -0.05) is 31.2 Å².